The van der Waals surface area contributed by atoms with Crippen LogP contribution >= 0.6 is 0 Å². The number of allylic oxidation sites excluding steroid dienone is 2. The number of nitrogens with two attached hydrogens (primary N) is 3. The Bertz CT molecular complexity index is 1130. The summed E-state index contributed by atoms with van der Waals surface area (Å²) in [6.45, 7) is 12.7. The second-order valence-corrected chi connectivity index (χ2v) is 8.46. The summed E-state index contributed by atoms with van der Waals surface area (Å²) in [5.41, 5.74) is 21.9. The monoisotopic (exact) mass is 538 g/mol. The van der Waals surface area contributed by atoms with Crippen molar-refractivity contribution in [3.05, 3.63) is 94.1 Å². The van der Waals surface area contributed by atoms with Gasteiger partial charge in [-0.1, -0.05) is 71.8 Å². The van der Waals surface area contributed by atoms with E-state index in [2.05, 4.69) is 26.3 Å². The van der Waals surface area contributed by atoms with Gasteiger partial charge < -0.3 is 17.3 Å². The van der Waals surface area contributed by atoms with Crippen molar-refractivity contribution in [2.75, 3.05) is 13.2 Å². The third kappa shape index (κ3) is 19.3. The summed E-state index contributed by atoms with van der Waals surface area (Å²) >= 11 is 0. The van der Waals surface area contributed by atoms with Gasteiger partial charge in [-0.15, -0.1) is 10.2 Å². The molecule has 0 radical (unpaired) electrons. The van der Waals surface area contributed by atoms with Gasteiger partial charge in [0.25, 0.3) is 0 Å². The first kappa shape index (κ1) is 34.5. The first-order valence-electron chi connectivity index (χ1n) is 12.1. The van der Waals surface area contributed by atoms with Crippen LogP contribution in [0.5, 0.6) is 0 Å². The lowest BCUT2D eigenvalue weighted by atomic mass is 10.1. The molecule has 0 aliphatic heterocycles. The Kier molecular flexibility index (Phi) is 19.1. The van der Waals surface area contributed by atoms with Crippen molar-refractivity contribution in [3.63, 3.8) is 0 Å². The maximum Gasteiger partial charge on any atom is 0.237 e. The van der Waals surface area contributed by atoms with Crippen LogP contribution in [-0.2, 0) is 9.68 Å². The number of aldehydes is 1. The number of rotatable bonds is 9. The lowest BCUT2D eigenvalue weighted by Gasteiger charge is -2.02. The van der Waals surface area contributed by atoms with Gasteiger partial charge >= 0.3 is 0 Å². The highest BCUT2D eigenvalue weighted by Gasteiger charge is 1.93. The molecule has 0 aromatic heterocycles. The summed E-state index contributed by atoms with van der Waals surface area (Å²) in [5.74, 6) is 5.00. The van der Waals surface area contributed by atoms with Crippen molar-refractivity contribution in [1.82, 2.24) is 11.0 Å². The van der Waals surface area contributed by atoms with Crippen LogP contribution in [0.15, 0.2) is 87.1 Å². The summed E-state index contributed by atoms with van der Waals surface area (Å²) in [4.78, 5) is 20.1. The Morgan fingerprint density at radius 3 is 1.67 bits per heavy atom. The molecule has 0 atom stereocenters. The zero-order valence-electron chi connectivity index (χ0n) is 23.6. The molecule has 0 amide bonds. The normalized spacial score (nSPS) is 10.8. The van der Waals surface area contributed by atoms with Gasteiger partial charge in [0.1, 0.15) is 6.29 Å². The standard InChI is InChI=1S/C14H20N4O.C8H8O.C6H14N4O/c1-11(2)8-9-19-18-14(15)17-16-10-13-7-5-4-6-12(13)3;1-7-4-2-3-5-8(7)6-9;1-5(2)3-4-11-10-6(7)9-8/h4-8,10H,9H2,1-3H3,(H3,15,17,18);2-6H,1H3;3H,4,8H2,1-2H3,(H3,7,9,10)/b16-10+;;. The van der Waals surface area contributed by atoms with Crippen LogP contribution < -0.4 is 28.3 Å². The molecule has 2 aromatic rings. The molecular weight excluding hydrogens is 496 g/mol. The number of benzene rings is 2. The highest BCUT2D eigenvalue weighted by Crippen LogP contribution is 2.03. The van der Waals surface area contributed by atoms with Crippen molar-refractivity contribution in [2.24, 2.45) is 32.6 Å². The highest BCUT2D eigenvalue weighted by molar-refractivity contribution is 5.83. The molecule has 0 bridgehead atoms. The second kappa shape index (κ2) is 21.6. The van der Waals surface area contributed by atoms with Crippen molar-refractivity contribution < 1.29 is 14.5 Å². The van der Waals surface area contributed by atoms with Gasteiger partial charge in [-0.05, 0) is 58.2 Å². The third-order valence-corrected chi connectivity index (χ3v) is 4.51. The van der Waals surface area contributed by atoms with Gasteiger partial charge in [0.15, 0.2) is 0 Å². The van der Waals surface area contributed by atoms with Crippen LogP contribution in [0.1, 0.15) is 54.7 Å². The lowest BCUT2D eigenvalue weighted by Crippen LogP contribution is -2.32. The molecule has 2 aromatic carbocycles. The molecule has 0 heterocycles. The summed E-state index contributed by atoms with van der Waals surface area (Å²) < 4.78 is 0. The fraction of sp³-hybridized carbons (Fsp3) is 0.286. The van der Waals surface area contributed by atoms with Crippen LogP contribution in [0.3, 0.4) is 0 Å². The van der Waals surface area contributed by atoms with Gasteiger partial charge in [0.05, 0.1) is 19.4 Å². The summed E-state index contributed by atoms with van der Waals surface area (Å²) in [6, 6.07) is 15.4. The Balaban J connectivity index is 0.000000611. The first-order chi connectivity index (χ1) is 18.6. The summed E-state index contributed by atoms with van der Waals surface area (Å²) in [5, 5.41) is 10.8. The molecule has 0 aliphatic rings. The van der Waals surface area contributed by atoms with E-state index in [1.54, 1.807) is 6.21 Å². The number of carbonyl (C=O) groups excluding carboxylic acids is 1. The van der Waals surface area contributed by atoms with Gasteiger partial charge in [-0.2, -0.15) is 5.10 Å². The molecular formula is C28H42N8O3. The number of hydrogen-bond acceptors (Lipinski definition) is 7. The van der Waals surface area contributed by atoms with Gasteiger partial charge in [0.2, 0.25) is 11.9 Å². The summed E-state index contributed by atoms with van der Waals surface area (Å²) in [7, 11) is 0. The van der Waals surface area contributed by atoms with E-state index in [0.29, 0.717) is 13.2 Å². The average molecular weight is 539 g/mol. The Labute approximate surface area is 231 Å². The van der Waals surface area contributed by atoms with Gasteiger partial charge in [-0.3, -0.25) is 14.5 Å². The first-order valence-corrected chi connectivity index (χ1v) is 12.1. The van der Waals surface area contributed by atoms with Crippen LogP contribution in [0.25, 0.3) is 0 Å². The Morgan fingerprint density at radius 1 is 0.795 bits per heavy atom. The quantitative estimate of drug-likeness (QED) is 0.0612. The minimum Gasteiger partial charge on any atom is -0.367 e. The number of nitrogens with one attached hydrogen (secondary N) is 2. The molecule has 0 saturated heterocycles. The largest absolute Gasteiger partial charge is 0.367 e. The minimum absolute atomic E-state index is 0.0622. The smallest absolute Gasteiger partial charge is 0.237 e. The molecule has 0 saturated carbocycles. The maximum atomic E-state index is 10.2. The molecule has 0 unspecified atom stereocenters. The summed E-state index contributed by atoms with van der Waals surface area (Å²) in [6.07, 6.45) is 6.35. The van der Waals surface area contributed by atoms with E-state index in [1.165, 1.54) is 11.1 Å². The van der Waals surface area contributed by atoms with Crippen LogP contribution in [0.2, 0.25) is 0 Å². The van der Waals surface area contributed by atoms with E-state index in [4.69, 9.17) is 27.0 Å². The van der Waals surface area contributed by atoms with E-state index in [1.807, 2.05) is 102 Å². The maximum absolute atomic E-state index is 10.2. The van der Waals surface area contributed by atoms with Crippen molar-refractivity contribution in [3.8, 4) is 0 Å². The van der Waals surface area contributed by atoms with Gasteiger partial charge in [0, 0.05) is 5.56 Å². The zero-order valence-corrected chi connectivity index (χ0v) is 23.6. The van der Waals surface area contributed by atoms with Crippen LogP contribution in [-0.4, -0.2) is 37.6 Å². The van der Waals surface area contributed by atoms with E-state index in [-0.39, 0.29) is 11.9 Å². The lowest BCUT2D eigenvalue weighted by molar-refractivity contribution is 0.109. The molecule has 11 nitrogen and oxygen atoms in total. The van der Waals surface area contributed by atoms with E-state index < -0.39 is 0 Å². The Morgan fingerprint density at radius 2 is 1.26 bits per heavy atom. The number of hydroxylamine groups is 2. The zero-order chi connectivity index (χ0) is 29.5. The number of carbonyl (C=O) groups is 1. The average Bonchev–Trinajstić information content (AvgIpc) is 2.91. The minimum atomic E-state index is 0.0622. The van der Waals surface area contributed by atoms with Crippen molar-refractivity contribution in [1.29, 1.82) is 0 Å². The van der Waals surface area contributed by atoms with E-state index >= 15 is 0 Å². The fourth-order valence-corrected chi connectivity index (χ4v) is 2.30. The number of guanidine groups is 2. The second-order valence-electron chi connectivity index (χ2n) is 8.46. The number of hydrazone groups is 1. The molecule has 8 N–H and O–H groups in total. The SMILES string of the molecule is CC(C)=CCONC(N)=N/N=C/c1ccccc1C.CC(C)=CCONC(N)=NN.Cc1ccccc1C=O. The predicted molar refractivity (Wildman–Crippen MR) is 160 cm³/mol. The Hall–Kier alpha value is -4.48. The van der Waals surface area contributed by atoms with E-state index in [0.717, 1.165) is 28.5 Å². The molecule has 11 heteroatoms. The highest BCUT2D eigenvalue weighted by atomic mass is 16.6. The number of aryl methyl sites for hydroxylation is 2. The molecule has 39 heavy (non-hydrogen) atoms. The molecule has 0 aliphatic carbocycles. The van der Waals surface area contributed by atoms with Crippen LogP contribution in [0, 0.1) is 13.8 Å². The molecule has 212 valence electrons. The van der Waals surface area contributed by atoms with Crippen LogP contribution in [0.4, 0.5) is 0 Å². The number of nitrogens with zero attached hydrogens (tertiary/aromatic N) is 3. The molecule has 0 fully saturated rings. The van der Waals surface area contributed by atoms with E-state index in [9.17, 15) is 4.79 Å². The predicted octanol–water partition coefficient (Wildman–Crippen LogP) is 3.60. The third-order valence-electron chi connectivity index (χ3n) is 4.51. The molecule has 2 rings (SSSR count). The van der Waals surface area contributed by atoms with Crippen molar-refractivity contribution >= 4 is 24.4 Å². The number of hydrogen-bond donors (Lipinski definition) is 5. The fourth-order valence-electron chi connectivity index (χ4n) is 2.30. The topological polar surface area (TPSA) is 175 Å². The molecule has 0 spiro atoms. The van der Waals surface area contributed by atoms with Gasteiger partial charge in [-0.25, -0.2) is 11.0 Å². The van der Waals surface area contributed by atoms with Crippen molar-refractivity contribution in [2.45, 2.75) is 41.5 Å².